The van der Waals surface area contributed by atoms with Crippen LogP contribution >= 0.6 is 0 Å². The Hall–Kier alpha value is -3.15. The van der Waals surface area contributed by atoms with Crippen molar-refractivity contribution in [1.29, 1.82) is 0 Å². The zero-order valence-electron chi connectivity index (χ0n) is 15.0. The van der Waals surface area contributed by atoms with Crippen LogP contribution in [0, 0.1) is 5.82 Å². The molecule has 0 fully saturated rings. The molecule has 4 rings (SSSR count). The lowest BCUT2D eigenvalue weighted by molar-refractivity contribution is -0.134. The van der Waals surface area contributed by atoms with E-state index in [1.54, 1.807) is 29.4 Å². The number of ether oxygens (including phenoxy) is 1. The third kappa shape index (κ3) is 3.69. The molecule has 1 aromatic heterocycles. The summed E-state index contributed by atoms with van der Waals surface area (Å²) in [5, 5.41) is 0. The predicted octanol–water partition coefficient (Wildman–Crippen LogP) is 3.50. The molecule has 1 atom stereocenters. The van der Waals surface area contributed by atoms with E-state index >= 15 is 0 Å². The van der Waals surface area contributed by atoms with Crippen molar-refractivity contribution in [1.82, 2.24) is 14.5 Å². The number of benzene rings is 2. The maximum atomic E-state index is 13.6. The summed E-state index contributed by atoms with van der Waals surface area (Å²) < 4.78 is 21.2. The number of nitrogens with zero attached hydrogens (tertiary/aromatic N) is 3. The Balaban J connectivity index is 1.62. The van der Waals surface area contributed by atoms with Crippen molar-refractivity contribution in [2.45, 2.75) is 26.1 Å². The Bertz CT molecular complexity index is 956. The molecule has 0 radical (unpaired) electrons. The second-order valence-corrected chi connectivity index (χ2v) is 6.75. The molecule has 0 spiro atoms. The van der Waals surface area contributed by atoms with Crippen molar-refractivity contribution in [3.05, 3.63) is 72.6 Å². The first-order chi connectivity index (χ1) is 13.1. The van der Waals surface area contributed by atoms with Crippen LogP contribution in [0.4, 0.5) is 4.39 Å². The number of carbonyl (C=O) groups is 1. The summed E-state index contributed by atoms with van der Waals surface area (Å²) in [5.41, 5.74) is 2.61. The highest BCUT2D eigenvalue weighted by molar-refractivity contribution is 5.77. The van der Waals surface area contributed by atoms with Gasteiger partial charge in [0.2, 0.25) is 5.91 Å². The second kappa shape index (κ2) is 7.23. The minimum Gasteiger partial charge on any atom is -0.491 e. The van der Waals surface area contributed by atoms with Crippen molar-refractivity contribution >= 4 is 5.91 Å². The maximum absolute atomic E-state index is 13.6. The van der Waals surface area contributed by atoms with E-state index in [-0.39, 0.29) is 24.3 Å². The van der Waals surface area contributed by atoms with E-state index in [4.69, 9.17) is 4.74 Å². The van der Waals surface area contributed by atoms with Gasteiger partial charge in [-0.2, -0.15) is 0 Å². The molecule has 2 heterocycles. The standard InChI is InChI=1S/C21H20FN3O2/c1-15-13-27-20-6-5-17(16-3-2-4-19(22)10-16)9-18(20)11-25(15)21(26)12-24-8-7-23-14-24/h2-10,14-15H,11-13H2,1H3/t15-/m0/s1. The predicted molar refractivity (Wildman–Crippen MR) is 99.6 cm³/mol. The van der Waals surface area contributed by atoms with E-state index in [1.165, 1.54) is 12.1 Å². The molecule has 0 N–H and O–H groups in total. The zero-order valence-corrected chi connectivity index (χ0v) is 15.0. The Morgan fingerprint density at radius 1 is 1.26 bits per heavy atom. The highest BCUT2D eigenvalue weighted by Gasteiger charge is 2.26. The molecule has 1 aliphatic heterocycles. The molecule has 0 bridgehead atoms. The van der Waals surface area contributed by atoms with Gasteiger partial charge in [-0.3, -0.25) is 4.79 Å². The van der Waals surface area contributed by atoms with Gasteiger partial charge in [-0.05, 0) is 42.3 Å². The van der Waals surface area contributed by atoms with Crippen molar-refractivity contribution in [2.24, 2.45) is 0 Å². The Labute approximate surface area is 157 Å². The minimum atomic E-state index is -0.274. The molecule has 0 aliphatic carbocycles. The van der Waals surface area contributed by atoms with Crippen LogP contribution in [0.25, 0.3) is 11.1 Å². The van der Waals surface area contributed by atoms with Crippen LogP contribution in [-0.2, 0) is 17.9 Å². The molecule has 6 heteroatoms. The molecular weight excluding hydrogens is 345 g/mol. The number of hydrogen-bond donors (Lipinski definition) is 0. The molecule has 27 heavy (non-hydrogen) atoms. The van der Waals surface area contributed by atoms with E-state index in [0.717, 1.165) is 22.4 Å². The first-order valence-corrected chi connectivity index (χ1v) is 8.87. The highest BCUT2D eigenvalue weighted by Crippen LogP contribution is 2.30. The summed E-state index contributed by atoms with van der Waals surface area (Å²) in [7, 11) is 0. The molecular formula is C21H20FN3O2. The van der Waals surface area contributed by atoms with Crippen molar-refractivity contribution < 1.29 is 13.9 Å². The van der Waals surface area contributed by atoms with E-state index in [1.807, 2.05) is 36.1 Å². The van der Waals surface area contributed by atoms with E-state index in [2.05, 4.69) is 4.98 Å². The fourth-order valence-corrected chi connectivity index (χ4v) is 3.29. The van der Waals surface area contributed by atoms with Gasteiger partial charge in [-0.15, -0.1) is 0 Å². The molecule has 1 aliphatic rings. The molecule has 0 unspecified atom stereocenters. The second-order valence-electron chi connectivity index (χ2n) is 6.75. The highest BCUT2D eigenvalue weighted by atomic mass is 19.1. The summed E-state index contributed by atoms with van der Waals surface area (Å²) in [5.74, 6) is 0.498. The fraction of sp³-hybridized carbons (Fsp3) is 0.238. The fourth-order valence-electron chi connectivity index (χ4n) is 3.29. The van der Waals surface area contributed by atoms with Gasteiger partial charge < -0.3 is 14.2 Å². The van der Waals surface area contributed by atoms with E-state index < -0.39 is 0 Å². The van der Waals surface area contributed by atoms with Gasteiger partial charge in [0.05, 0.1) is 12.4 Å². The molecule has 0 saturated heterocycles. The topological polar surface area (TPSA) is 47.4 Å². The molecule has 138 valence electrons. The normalized spacial score (nSPS) is 16.4. The number of halogens is 1. The van der Waals surface area contributed by atoms with Crippen LogP contribution in [0.2, 0.25) is 0 Å². The van der Waals surface area contributed by atoms with Crippen LogP contribution in [0.15, 0.2) is 61.2 Å². The zero-order chi connectivity index (χ0) is 18.8. The SMILES string of the molecule is C[C@H]1COc2ccc(-c3cccc(F)c3)cc2CN1C(=O)Cn1ccnc1. The van der Waals surface area contributed by atoms with Crippen LogP contribution in [0.5, 0.6) is 5.75 Å². The number of carbonyl (C=O) groups excluding carboxylic acids is 1. The summed E-state index contributed by atoms with van der Waals surface area (Å²) >= 11 is 0. The smallest absolute Gasteiger partial charge is 0.243 e. The van der Waals surface area contributed by atoms with E-state index in [0.29, 0.717) is 13.2 Å². The number of hydrogen-bond acceptors (Lipinski definition) is 3. The number of amides is 1. The van der Waals surface area contributed by atoms with Gasteiger partial charge in [0.15, 0.2) is 0 Å². The lowest BCUT2D eigenvalue weighted by Gasteiger charge is -2.26. The average molecular weight is 365 g/mol. The molecule has 1 amide bonds. The van der Waals surface area contributed by atoms with Crippen molar-refractivity contribution in [3.63, 3.8) is 0 Å². The first kappa shape index (κ1) is 17.3. The monoisotopic (exact) mass is 365 g/mol. The first-order valence-electron chi connectivity index (χ1n) is 8.87. The summed E-state index contributed by atoms with van der Waals surface area (Å²) in [6.45, 7) is 3.10. The van der Waals surface area contributed by atoms with Gasteiger partial charge in [0, 0.05) is 24.5 Å². The third-order valence-electron chi connectivity index (χ3n) is 4.77. The largest absolute Gasteiger partial charge is 0.491 e. The van der Waals surface area contributed by atoms with Crippen LogP contribution in [0.3, 0.4) is 0 Å². The van der Waals surface area contributed by atoms with Crippen molar-refractivity contribution in [2.75, 3.05) is 6.61 Å². The molecule has 5 nitrogen and oxygen atoms in total. The maximum Gasteiger partial charge on any atom is 0.243 e. The lowest BCUT2D eigenvalue weighted by Crippen LogP contribution is -2.41. The van der Waals surface area contributed by atoms with Crippen LogP contribution in [0.1, 0.15) is 12.5 Å². The van der Waals surface area contributed by atoms with Gasteiger partial charge in [0.1, 0.15) is 24.7 Å². The van der Waals surface area contributed by atoms with Crippen LogP contribution < -0.4 is 4.74 Å². The third-order valence-corrected chi connectivity index (χ3v) is 4.77. The van der Waals surface area contributed by atoms with Gasteiger partial charge in [-0.1, -0.05) is 18.2 Å². The Morgan fingerprint density at radius 2 is 2.11 bits per heavy atom. The minimum absolute atomic E-state index is 0.00751. The lowest BCUT2D eigenvalue weighted by atomic mass is 10.0. The summed E-state index contributed by atoms with van der Waals surface area (Å²) in [6.07, 6.45) is 5.06. The summed E-state index contributed by atoms with van der Waals surface area (Å²) in [4.78, 5) is 18.6. The van der Waals surface area contributed by atoms with Gasteiger partial charge in [-0.25, -0.2) is 9.37 Å². The van der Waals surface area contributed by atoms with Gasteiger partial charge >= 0.3 is 0 Å². The van der Waals surface area contributed by atoms with Crippen LogP contribution in [-0.4, -0.2) is 33.0 Å². The van der Waals surface area contributed by atoms with Gasteiger partial charge in [0.25, 0.3) is 0 Å². The molecule has 2 aromatic carbocycles. The molecule has 0 saturated carbocycles. The quantitative estimate of drug-likeness (QED) is 0.714. The molecule has 3 aromatic rings. The number of rotatable bonds is 3. The average Bonchev–Trinajstić information content (AvgIpc) is 3.11. The number of fused-ring (bicyclic) bond motifs is 1. The Morgan fingerprint density at radius 3 is 2.89 bits per heavy atom. The van der Waals surface area contributed by atoms with E-state index in [9.17, 15) is 9.18 Å². The number of aromatic nitrogens is 2. The number of imidazole rings is 1. The Kier molecular flexibility index (Phi) is 4.62. The summed E-state index contributed by atoms with van der Waals surface area (Å²) in [6, 6.07) is 12.2. The van der Waals surface area contributed by atoms with Crippen molar-refractivity contribution in [3.8, 4) is 16.9 Å².